The van der Waals surface area contributed by atoms with Crippen molar-refractivity contribution >= 4 is 11.4 Å². The van der Waals surface area contributed by atoms with E-state index in [0.29, 0.717) is 23.2 Å². The molecule has 3 nitrogen and oxygen atoms in total. The molecule has 0 bridgehead atoms. The second-order valence-electron chi connectivity index (χ2n) is 4.23. The molecule has 2 unspecified atom stereocenters. The maximum Gasteiger partial charge on any atom is 0.0992 e. The Morgan fingerprint density at radius 1 is 1.44 bits per heavy atom. The zero-order valence-corrected chi connectivity index (χ0v) is 10.1. The Kier molecular flexibility index (Phi) is 4.19. The van der Waals surface area contributed by atoms with Gasteiger partial charge in [0, 0.05) is 6.04 Å². The third kappa shape index (κ3) is 2.90. The number of hydrogen-bond donors (Lipinski definition) is 2. The molecular formula is C13H19N3. The van der Waals surface area contributed by atoms with Crippen LogP contribution in [0.2, 0.25) is 0 Å². The number of rotatable bonds is 4. The zero-order valence-electron chi connectivity index (χ0n) is 10.1. The van der Waals surface area contributed by atoms with Crippen molar-refractivity contribution in [1.29, 1.82) is 5.26 Å². The van der Waals surface area contributed by atoms with Gasteiger partial charge in [-0.2, -0.15) is 5.26 Å². The van der Waals surface area contributed by atoms with Crippen LogP contribution in [0.4, 0.5) is 11.4 Å². The number of benzene rings is 1. The second kappa shape index (κ2) is 5.41. The first kappa shape index (κ1) is 12.4. The second-order valence-corrected chi connectivity index (χ2v) is 4.23. The normalized spacial score (nSPS) is 13.9. The van der Waals surface area contributed by atoms with Gasteiger partial charge in [0.15, 0.2) is 0 Å². The molecule has 3 N–H and O–H groups in total. The minimum atomic E-state index is 0.348. The molecule has 0 aliphatic heterocycles. The molecule has 3 heteroatoms. The largest absolute Gasteiger partial charge is 0.397 e. The van der Waals surface area contributed by atoms with Gasteiger partial charge in [0.05, 0.1) is 23.0 Å². The molecule has 0 amide bonds. The van der Waals surface area contributed by atoms with Crippen LogP contribution in [0.1, 0.15) is 32.8 Å². The first-order valence-electron chi connectivity index (χ1n) is 5.64. The Bertz CT molecular complexity index is 393. The van der Waals surface area contributed by atoms with Crippen LogP contribution >= 0.6 is 0 Å². The van der Waals surface area contributed by atoms with E-state index in [1.54, 1.807) is 18.2 Å². The fraction of sp³-hybridized carbons (Fsp3) is 0.462. The first-order valence-corrected chi connectivity index (χ1v) is 5.64. The molecule has 0 heterocycles. The summed E-state index contributed by atoms with van der Waals surface area (Å²) >= 11 is 0. The van der Waals surface area contributed by atoms with Crippen molar-refractivity contribution in [2.45, 2.75) is 33.2 Å². The minimum absolute atomic E-state index is 0.348. The van der Waals surface area contributed by atoms with Crippen molar-refractivity contribution in [1.82, 2.24) is 0 Å². The summed E-state index contributed by atoms with van der Waals surface area (Å²) in [7, 11) is 0. The fourth-order valence-corrected chi connectivity index (χ4v) is 1.49. The third-order valence-electron chi connectivity index (χ3n) is 3.06. The van der Waals surface area contributed by atoms with E-state index in [2.05, 4.69) is 32.2 Å². The van der Waals surface area contributed by atoms with Crippen molar-refractivity contribution in [3.8, 4) is 6.07 Å². The average molecular weight is 217 g/mol. The quantitative estimate of drug-likeness (QED) is 0.762. The summed E-state index contributed by atoms with van der Waals surface area (Å²) < 4.78 is 0. The molecule has 0 aliphatic carbocycles. The molecule has 0 aromatic heterocycles. The molecule has 1 aromatic rings. The topological polar surface area (TPSA) is 61.8 Å². The summed E-state index contributed by atoms with van der Waals surface area (Å²) in [6.45, 7) is 6.49. The van der Waals surface area contributed by atoms with Gasteiger partial charge < -0.3 is 11.1 Å². The Balaban J connectivity index is 2.84. The Morgan fingerprint density at radius 3 is 2.69 bits per heavy atom. The summed E-state index contributed by atoms with van der Waals surface area (Å²) in [4.78, 5) is 0. The maximum absolute atomic E-state index is 8.82. The van der Waals surface area contributed by atoms with E-state index in [0.717, 1.165) is 12.1 Å². The highest BCUT2D eigenvalue weighted by Crippen LogP contribution is 2.22. The number of hydrogen-bond acceptors (Lipinski definition) is 3. The lowest BCUT2D eigenvalue weighted by Gasteiger charge is -2.22. The van der Waals surface area contributed by atoms with E-state index in [4.69, 9.17) is 11.0 Å². The zero-order chi connectivity index (χ0) is 12.1. The number of nitrogens with zero attached hydrogens (tertiary/aromatic N) is 1. The van der Waals surface area contributed by atoms with E-state index < -0.39 is 0 Å². The molecule has 0 fully saturated rings. The molecule has 0 radical (unpaired) electrons. The summed E-state index contributed by atoms with van der Waals surface area (Å²) in [5.41, 5.74) is 8.04. The number of nitriles is 1. The van der Waals surface area contributed by atoms with Crippen molar-refractivity contribution in [2.75, 3.05) is 11.1 Å². The first-order chi connectivity index (χ1) is 7.58. The molecule has 1 rings (SSSR count). The lowest BCUT2D eigenvalue weighted by Crippen LogP contribution is -2.23. The SMILES string of the molecule is CCC(C)C(C)Nc1cc(C#N)ccc1N. The average Bonchev–Trinajstić information content (AvgIpc) is 2.30. The number of nitrogens with two attached hydrogens (primary N) is 1. The summed E-state index contributed by atoms with van der Waals surface area (Å²) in [5.74, 6) is 0.574. The smallest absolute Gasteiger partial charge is 0.0992 e. The molecule has 0 aliphatic rings. The van der Waals surface area contributed by atoms with Crippen LogP contribution in [0.15, 0.2) is 18.2 Å². The van der Waals surface area contributed by atoms with Crippen LogP contribution in [0.25, 0.3) is 0 Å². The maximum atomic E-state index is 8.82. The van der Waals surface area contributed by atoms with Crippen molar-refractivity contribution in [3.63, 3.8) is 0 Å². The Morgan fingerprint density at radius 2 is 2.12 bits per heavy atom. The van der Waals surface area contributed by atoms with E-state index in [1.807, 2.05) is 0 Å². The van der Waals surface area contributed by atoms with E-state index in [9.17, 15) is 0 Å². The molecular weight excluding hydrogens is 198 g/mol. The highest BCUT2D eigenvalue weighted by Gasteiger charge is 2.11. The van der Waals surface area contributed by atoms with E-state index in [1.165, 1.54) is 0 Å². The van der Waals surface area contributed by atoms with Gasteiger partial charge in [-0.25, -0.2) is 0 Å². The third-order valence-corrected chi connectivity index (χ3v) is 3.06. The summed E-state index contributed by atoms with van der Waals surface area (Å²) in [5, 5.41) is 12.2. The highest BCUT2D eigenvalue weighted by atomic mass is 14.9. The monoisotopic (exact) mass is 217 g/mol. The summed E-state index contributed by atoms with van der Waals surface area (Å²) in [6.07, 6.45) is 1.12. The predicted octanol–water partition coefficient (Wildman–Crippen LogP) is 2.99. The van der Waals surface area contributed by atoms with Crippen molar-refractivity contribution in [3.05, 3.63) is 23.8 Å². The molecule has 1 aromatic carbocycles. The number of nitrogen functional groups attached to an aromatic ring is 1. The van der Waals surface area contributed by atoms with Crippen LogP contribution in [-0.2, 0) is 0 Å². The molecule has 16 heavy (non-hydrogen) atoms. The van der Waals surface area contributed by atoms with E-state index >= 15 is 0 Å². The van der Waals surface area contributed by atoms with Crippen LogP contribution in [0.3, 0.4) is 0 Å². The van der Waals surface area contributed by atoms with Gasteiger partial charge in [-0.3, -0.25) is 0 Å². The lowest BCUT2D eigenvalue weighted by atomic mass is 10.0. The van der Waals surface area contributed by atoms with Crippen molar-refractivity contribution in [2.24, 2.45) is 5.92 Å². The van der Waals surface area contributed by atoms with Gasteiger partial charge >= 0.3 is 0 Å². The van der Waals surface area contributed by atoms with Crippen LogP contribution in [0.5, 0.6) is 0 Å². The molecule has 0 spiro atoms. The Labute approximate surface area is 97.3 Å². The van der Waals surface area contributed by atoms with Crippen molar-refractivity contribution < 1.29 is 0 Å². The van der Waals surface area contributed by atoms with Gasteiger partial charge in [-0.05, 0) is 31.0 Å². The number of anilines is 2. The lowest BCUT2D eigenvalue weighted by molar-refractivity contribution is 0.495. The number of nitrogens with one attached hydrogen (secondary N) is 1. The summed E-state index contributed by atoms with van der Waals surface area (Å²) in [6, 6.07) is 7.76. The predicted molar refractivity (Wildman–Crippen MR) is 68.1 cm³/mol. The van der Waals surface area contributed by atoms with Gasteiger partial charge in [0.25, 0.3) is 0 Å². The molecule has 86 valence electrons. The van der Waals surface area contributed by atoms with Gasteiger partial charge in [0.2, 0.25) is 0 Å². The van der Waals surface area contributed by atoms with Gasteiger partial charge in [0.1, 0.15) is 0 Å². The highest BCUT2D eigenvalue weighted by molar-refractivity contribution is 5.68. The van der Waals surface area contributed by atoms with Crippen LogP contribution in [-0.4, -0.2) is 6.04 Å². The van der Waals surface area contributed by atoms with Gasteiger partial charge in [-0.15, -0.1) is 0 Å². The van der Waals surface area contributed by atoms with E-state index in [-0.39, 0.29) is 0 Å². The van der Waals surface area contributed by atoms with Crippen LogP contribution < -0.4 is 11.1 Å². The Hall–Kier alpha value is -1.69. The molecule has 0 saturated carbocycles. The fourth-order valence-electron chi connectivity index (χ4n) is 1.49. The standard InChI is InChI=1S/C13H19N3/c1-4-9(2)10(3)16-13-7-11(8-14)5-6-12(13)15/h5-7,9-10,16H,4,15H2,1-3H3. The molecule has 2 atom stereocenters. The van der Waals surface area contributed by atoms with Gasteiger partial charge in [-0.1, -0.05) is 20.3 Å². The van der Waals surface area contributed by atoms with Crippen LogP contribution in [0, 0.1) is 17.2 Å². The molecule has 0 saturated heterocycles. The minimum Gasteiger partial charge on any atom is -0.397 e.